The predicted octanol–water partition coefficient (Wildman–Crippen LogP) is 4.83. The molecule has 39 heavy (non-hydrogen) atoms. The third-order valence-corrected chi connectivity index (χ3v) is 7.65. The molecule has 12 heteroatoms. The number of likely N-dealkylation sites (tertiary alicyclic amines) is 1. The molecule has 3 atom stereocenters. The molecule has 3 heterocycles. The summed E-state index contributed by atoms with van der Waals surface area (Å²) in [5.74, 6) is -1.33. The first-order valence-electron chi connectivity index (χ1n) is 12.4. The van der Waals surface area contributed by atoms with Crippen LogP contribution >= 0.6 is 11.6 Å². The van der Waals surface area contributed by atoms with Gasteiger partial charge in [-0.3, -0.25) is 14.5 Å². The van der Waals surface area contributed by atoms with Crippen molar-refractivity contribution in [2.24, 2.45) is 0 Å². The summed E-state index contributed by atoms with van der Waals surface area (Å²) in [5.41, 5.74) is -0.466. The number of rotatable bonds is 5. The van der Waals surface area contributed by atoms with Crippen LogP contribution in [0.5, 0.6) is 0 Å². The lowest BCUT2D eigenvalue weighted by Crippen LogP contribution is -2.55. The average Bonchev–Trinajstić information content (AvgIpc) is 3.28. The minimum Gasteiger partial charge on any atom is -0.331 e. The number of carbonyl (C=O) groups excluding carboxylic acids is 3. The minimum atomic E-state index is -4.78. The predicted molar refractivity (Wildman–Crippen MR) is 136 cm³/mol. The topological polar surface area (TPSA) is 73.0 Å². The molecule has 3 fully saturated rings. The molecular formula is C27H25ClF4N4O3. The number of hydrogen-bond acceptors (Lipinski definition) is 4. The Bertz CT molecular complexity index is 1330. The number of imide groups is 1. The summed E-state index contributed by atoms with van der Waals surface area (Å²) in [7, 11) is 0. The summed E-state index contributed by atoms with van der Waals surface area (Å²) in [4.78, 5) is 42.9. The first kappa shape index (κ1) is 27.1. The lowest BCUT2D eigenvalue weighted by atomic mass is 10.1. The lowest BCUT2D eigenvalue weighted by molar-refractivity contribution is -0.137. The van der Waals surface area contributed by atoms with Gasteiger partial charge in [-0.05, 0) is 61.2 Å². The van der Waals surface area contributed by atoms with Gasteiger partial charge in [-0.1, -0.05) is 23.7 Å². The van der Waals surface area contributed by atoms with Crippen LogP contribution in [0.4, 0.5) is 28.0 Å². The molecule has 2 aromatic carbocycles. The fourth-order valence-electron chi connectivity index (χ4n) is 5.53. The molecule has 0 radical (unpaired) electrons. The van der Waals surface area contributed by atoms with Crippen molar-refractivity contribution in [2.75, 3.05) is 18.0 Å². The van der Waals surface area contributed by atoms with Gasteiger partial charge in [-0.25, -0.2) is 14.1 Å². The van der Waals surface area contributed by atoms with Gasteiger partial charge in [0.15, 0.2) is 0 Å². The summed E-state index contributed by atoms with van der Waals surface area (Å²) < 4.78 is 54.0. The summed E-state index contributed by atoms with van der Waals surface area (Å²) >= 11 is 5.89. The van der Waals surface area contributed by atoms with Crippen LogP contribution < -0.4 is 10.2 Å². The van der Waals surface area contributed by atoms with Crippen molar-refractivity contribution >= 4 is 41.2 Å². The summed E-state index contributed by atoms with van der Waals surface area (Å²) in [5, 5.41) is 1.75. The molecule has 3 saturated heterocycles. The first-order chi connectivity index (χ1) is 18.4. The van der Waals surface area contributed by atoms with Crippen molar-refractivity contribution in [2.45, 2.75) is 50.6 Å². The Hall–Kier alpha value is -3.44. The van der Waals surface area contributed by atoms with Crippen LogP contribution in [0, 0.1) is 5.82 Å². The number of nitrogens with zero attached hydrogens (tertiary/aromatic N) is 3. The maximum atomic E-state index is 13.6. The third-order valence-electron chi connectivity index (χ3n) is 7.33. The molecular weight excluding hydrogens is 540 g/mol. The molecule has 206 valence electrons. The van der Waals surface area contributed by atoms with Crippen molar-refractivity contribution in [1.29, 1.82) is 0 Å². The number of anilines is 1. The van der Waals surface area contributed by atoms with E-state index in [1.165, 1.54) is 31.2 Å². The molecule has 3 aliphatic rings. The Morgan fingerprint density at radius 2 is 1.74 bits per heavy atom. The van der Waals surface area contributed by atoms with E-state index >= 15 is 0 Å². The Labute approximate surface area is 227 Å². The largest absolute Gasteiger partial charge is 0.417 e. The molecule has 4 amide bonds. The van der Waals surface area contributed by atoms with Crippen molar-refractivity contribution in [3.8, 4) is 0 Å². The lowest BCUT2D eigenvalue weighted by Gasteiger charge is -2.40. The number of nitrogens with one attached hydrogen (secondary N) is 1. The molecule has 0 aromatic heterocycles. The van der Waals surface area contributed by atoms with Gasteiger partial charge >= 0.3 is 12.2 Å². The highest BCUT2D eigenvalue weighted by Gasteiger charge is 2.42. The molecule has 2 aromatic rings. The average molecular weight is 565 g/mol. The number of halogens is 5. The van der Waals surface area contributed by atoms with E-state index in [0.717, 1.165) is 35.4 Å². The number of benzene rings is 2. The van der Waals surface area contributed by atoms with Crippen LogP contribution in [0.2, 0.25) is 5.02 Å². The molecule has 1 N–H and O–H groups in total. The Kier molecular flexibility index (Phi) is 7.15. The monoisotopic (exact) mass is 564 g/mol. The number of amides is 4. The smallest absolute Gasteiger partial charge is 0.331 e. The zero-order valence-electron chi connectivity index (χ0n) is 20.8. The molecule has 2 bridgehead atoms. The standard InChI is InChI=1S/C27H25ClF4N4O3/c1-15-25(38)36(26(39)33-15)23-11-22(28)21(27(30,31)32)10-17(23)4-9-24(37)35-19-7-8-20(35)14-34(13-19)12-16-2-5-18(29)6-3-16/h2-6,9-11,15,19-20H,7-8,12-14H2,1H3,(H,33,39). The molecule has 0 spiro atoms. The van der Waals surface area contributed by atoms with Gasteiger partial charge in [0.05, 0.1) is 16.3 Å². The highest BCUT2D eigenvalue weighted by molar-refractivity contribution is 6.32. The van der Waals surface area contributed by atoms with Gasteiger partial charge in [0.1, 0.15) is 11.9 Å². The number of hydrogen-bond donors (Lipinski definition) is 1. The molecule has 5 rings (SSSR count). The number of carbonyl (C=O) groups is 3. The van der Waals surface area contributed by atoms with Gasteiger partial charge in [0, 0.05) is 37.8 Å². The second-order valence-electron chi connectivity index (χ2n) is 10.0. The zero-order valence-corrected chi connectivity index (χ0v) is 21.6. The zero-order chi connectivity index (χ0) is 28.1. The third kappa shape index (κ3) is 5.38. The van der Waals surface area contributed by atoms with E-state index in [4.69, 9.17) is 11.6 Å². The van der Waals surface area contributed by atoms with Crippen molar-refractivity contribution in [3.63, 3.8) is 0 Å². The van der Waals surface area contributed by atoms with Gasteiger partial charge in [-0.15, -0.1) is 0 Å². The maximum absolute atomic E-state index is 13.6. The van der Waals surface area contributed by atoms with Gasteiger partial charge < -0.3 is 10.2 Å². The van der Waals surface area contributed by atoms with Crippen LogP contribution in [0.25, 0.3) is 6.08 Å². The van der Waals surface area contributed by atoms with Crippen molar-refractivity contribution < 1.29 is 31.9 Å². The molecule has 0 aliphatic carbocycles. The fraction of sp³-hybridized carbons (Fsp3) is 0.370. The van der Waals surface area contributed by atoms with Crippen molar-refractivity contribution in [1.82, 2.24) is 15.1 Å². The first-order valence-corrected chi connectivity index (χ1v) is 12.8. The number of urea groups is 1. The Morgan fingerprint density at radius 1 is 1.10 bits per heavy atom. The van der Waals surface area contributed by atoms with E-state index in [1.807, 2.05) is 0 Å². The maximum Gasteiger partial charge on any atom is 0.417 e. The van der Waals surface area contributed by atoms with Crippen LogP contribution in [-0.4, -0.2) is 58.9 Å². The van der Waals surface area contributed by atoms with Gasteiger partial charge in [0.25, 0.3) is 5.91 Å². The van der Waals surface area contributed by atoms with Crippen LogP contribution in [-0.2, 0) is 22.3 Å². The Balaban J connectivity index is 1.38. The quantitative estimate of drug-likeness (QED) is 0.321. The van der Waals surface area contributed by atoms with E-state index < -0.39 is 34.7 Å². The van der Waals surface area contributed by atoms with E-state index in [0.29, 0.717) is 19.6 Å². The summed E-state index contributed by atoms with van der Waals surface area (Å²) in [6.07, 6.45) is -0.844. The highest BCUT2D eigenvalue weighted by Crippen LogP contribution is 2.40. The molecule has 3 unspecified atom stereocenters. The second kappa shape index (κ2) is 10.3. The second-order valence-corrected chi connectivity index (χ2v) is 10.4. The minimum absolute atomic E-state index is 0.0800. The number of fused-ring (bicyclic) bond motifs is 2. The SMILES string of the molecule is CC1NC(=O)N(c2cc(Cl)c(C(F)(F)F)cc2C=CC(=O)N2C3CCC2CN(Cc2ccc(F)cc2)C3)C1=O. The summed E-state index contributed by atoms with van der Waals surface area (Å²) in [6.45, 7) is 3.29. The Morgan fingerprint density at radius 3 is 2.31 bits per heavy atom. The number of alkyl halides is 3. The fourth-order valence-corrected chi connectivity index (χ4v) is 5.80. The van der Waals surface area contributed by atoms with Crippen LogP contribution in [0.3, 0.4) is 0 Å². The van der Waals surface area contributed by atoms with Crippen LogP contribution in [0.15, 0.2) is 42.5 Å². The van der Waals surface area contributed by atoms with E-state index in [-0.39, 0.29) is 35.1 Å². The van der Waals surface area contributed by atoms with E-state index in [2.05, 4.69) is 10.2 Å². The molecule has 7 nitrogen and oxygen atoms in total. The van der Waals surface area contributed by atoms with Gasteiger partial charge in [-0.2, -0.15) is 13.2 Å². The molecule has 0 saturated carbocycles. The van der Waals surface area contributed by atoms with Gasteiger partial charge in [0.2, 0.25) is 5.91 Å². The van der Waals surface area contributed by atoms with E-state index in [1.54, 1.807) is 17.0 Å². The summed E-state index contributed by atoms with van der Waals surface area (Å²) in [6, 6.07) is 6.10. The van der Waals surface area contributed by atoms with Crippen LogP contribution in [0.1, 0.15) is 36.5 Å². The normalized spacial score (nSPS) is 23.7. The van der Waals surface area contributed by atoms with Crippen molar-refractivity contribution in [3.05, 3.63) is 70.0 Å². The van der Waals surface area contributed by atoms with E-state index in [9.17, 15) is 31.9 Å². The number of piperazine rings is 1. The molecule has 3 aliphatic heterocycles. The highest BCUT2D eigenvalue weighted by atomic mass is 35.5.